The molecule has 0 heterocycles. The fourth-order valence-electron chi connectivity index (χ4n) is 2.08. The number of hydrogen-bond donors (Lipinski definition) is 2. The number of ether oxygens (including phenoxy) is 1. The highest BCUT2D eigenvalue weighted by atomic mass is 35.5. The van der Waals surface area contributed by atoms with Crippen LogP contribution in [0, 0.1) is 0 Å². The first-order chi connectivity index (χ1) is 11.9. The van der Waals surface area contributed by atoms with Crippen LogP contribution in [0.5, 0.6) is 11.5 Å². The lowest BCUT2D eigenvalue weighted by Crippen LogP contribution is -2.34. The fraction of sp³-hybridized carbons (Fsp3) is 0.222. The predicted octanol–water partition coefficient (Wildman–Crippen LogP) is 4.40. The molecule has 2 aromatic carbocycles. The highest BCUT2D eigenvalue weighted by molar-refractivity contribution is 6.35. The number of carbonyl (C=O) groups excluding carboxylic acids is 1. The average Bonchev–Trinajstić information content (AvgIpc) is 2.59. The molecule has 132 valence electrons. The third-order valence-corrected chi connectivity index (χ3v) is 3.95. The van der Waals surface area contributed by atoms with Gasteiger partial charge in [0.15, 0.2) is 6.10 Å². The van der Waals surface area contributed by atoms with E-state index in [2.05, 4.69) is 10.5 Å². The second kappa shape index (κ2) is 8.74. The van der Waals surface area contributed by atoms with E-state index in [1.807, 2.05) is 6.92 Å². The van der Waals surface area contributed by atoms with Gasteiger partial charge in [0.2, 0.25) is 0 Å². The number of carbonyl (C=O) groups is 1. The Bertz CT molecular complexity index is 794. The van der Waals surface area contributed by atoms with Gasteiger partial charge >= 0.3 is 0 Å². The van der Waals surface area contributed by atoms with Crippen LogP contribution >= 0.6 is 23.2 Å². The summed E-state index contributed by atoms with van der Waals surface area (Å²) in [6.45, 7) is 3.46. The lowest BCUT2D eigenvalue weighted by molar-refractivity contribution is -0.127. The molecule has 5 nitrogen and oxygen atoms in total. The molecule has 0 spiro atoms. The van der Waals surface area contributed by atoms with Crippen LogP contribution < -0.4 is 10.2 Å². The van der Waals surface area contributed by atoms with Crippen LogP contribution in [-0.4, -0.2) is 22.8 Å². The molecule has 0 aliphatic heterocycles. The SMILES string of the molecule is CCC(=NNC(=O)C(C)Oc1ccc(Cl)cc1Cl)c1ccccc1O. The lowest BCUT2D eigenvalue weighted by atomic mass is 10.1. The molecule has 2 N–H and O–H groups in total. The summed E-state index contributed by atoms with van der Waals surface area (Å²) in [6, 6.07) is 11.6. The molecule has 0 saturated heterocycles. The van der Waals surface area contributed by atoms with E-state index in [1.165, 1.54) is 6.07 Å². The van der Waals surface area contributed by atoms with Crippen LogP contribution in [0.25, 0.3) is 0 Å². The second-order valence-electron chi connectivity index (χ2n) is 5.24. The van der Waals surface area contributed by atoms with Gasteiger partial charge < -0.3 is 9.84 Å². The lowest BCUT2D eigenvalue weighted by Gasteiger charge is -2.15. The number of amides is 1. The third-order valence-electron chi connectivity index (χ3n) is 3.42. The monoisotopic (exact) mass is 380 g/mol. The molecule has 0 aliphatic carbocycles. The third kappa shape index (κ3) is 5.11. The number of rotatable bonds is 6. The number of nitrogens with zero attached hydrogens (tertiary/aromatic N) is 1. The standard InChI is InChI=1S/C18H18Cl2N2O3/c1-3-15(13-6-4-5-7-16(13)23)21-22-18(24)11(2)25-17-9-8-12(19)10-14(17)20/h4-11,23H,3H2,1-2H3,(H,22,24). The minimum absolute atomic E-state index is 0.106. The Balaban J connectivity index is 2.06. The normalized spacial score (nSPS) is 12.6. The molecule has 1 atom stereocenters. The van der Waals surface area contributed by atoms with Gasteiger partial charge in [0.1, 0.15) is 11.5 Å². The summed E-state index contributed by atoms with van der Waals surface area (Å²) in [5.41, 5.74) is 3.58. The van der Waals surface area contributed by atoms with E-state index >= 15 is 0 Å². The number of phenols is 1. The molecule has 0 aliphatic rings. The Hall–Kier alpha value is -2.24. The Morgan fingerprint density at radius 3 is 2.64 bits per heavy atom. The first-order valence-corrected chi connectivity index (χ1v) is 8.44. The summed E-state index contributed by atoms with van der Waals surface area (Å²) in [6.07, 6.45) is -0.277. The largest absolute Gasteiger partial charge is 0.507 e. The Labute approximate surface area is 156 Å². The molecule has 2 rings (SSSR count). The number of hydrazone groups is 1. The van der Waals surface area contributed by atoms with E-state index in [-0.39, 0.29) is 5.75 Å². The highest BCUT2D eigenvalue weighted by Gasteiger charge is 2.16. The van der Waals surface area contributed by atoms with Crippen molar-refractivity contribution in [2.45, 2.75) is 26.4 Å². The van der Waals surface area contributed by atoms with Crippen molar-refractivity contribution in [3.05, 3.63) is 58.1 Å². The molecule has 0 saturated carbocycles. The predicted molar refractivity (Wildman–Crippen MR) is 99.6 cm³/mol. The molecule has 0 bridgehead atoms. The van der Waals surface area contributed by atoms with Crippen molar-refractivity contribution in [2.24, 2.45) is 5.10 Å². The van der Waals surface area contributed by atoms with Gasteiger partial charge in [-0.25, -0.2) is 5.43 Å². The van der Waals surface area contributed by atoms with Crippen LogP contribution in [0.15, 0.2) is 47.6 Å². The first kappa shape index (κ1) is 19.1. The van der Waals surface area contributed by atoms with Crippen molar-refractivity contribution in [1.82, 2.24) is 5.43 Å². The highest BCUT2D eigenvalue weighted by Crippen LogP contribution is 2.28. The molecule has 0 fully saturated rings. The van der Waals surface area contributed by atoms with Gasteiger partial charge in [-0.15, -0.1) is 0 Å². The van der Waals surface area contributed by atoms with Gasteiger partial charge in [-0.2, -0.15) is 5.10 Å². The van der Waals surface area contributed by atoms with E-state index in [9.17, 15) is 9.90 Å². The van der Waals surface area contributed by atoms with E-state index in [0.29, 0.717) is 33.5 Å². The van der Waals surface area contributed by atoms with Gasteiger partial charge in [0.05, 0.1) is 10.7 Å². The van der Waals surface area contributed by atoms with Crippen molar-refractivity contribution in [3.63, 3.8) is 0 Å². The van der Waals surface area contributed by atoms with Crippen LogP contribution in [0.1, 0.15) is 25.8 Å². The van der Waals surface area contributed by atoms with E-state index in [4.69, 9.17) is 27.9 Å². The summed E-state index contributed by atoms with van der Waals surface area (Å²) in [7, 11) is 0. The van der Waals surface area contributed by atoms with Crippen LogP contribution in [-0.2, 0) is 4.79 Å². The molecule has 1 amide bonds. The molecule has 1 unspecified atom stereocenters. The molecule has 7 heteroatoms. The van der Waals surface area contributed by atoms with Gasteiger partial charge in [-0.05, 0) is 43.7 Å². The summed E-state index contributed by atoms with van der Waals surface area (Å²) in [4.78, 5) is 12.2. The van der Waals surface area contributed by atoms with Gasteiger partial charge in [0.25, 0.3) is 5.91 Å². The van der Waals surface area contributed by atoms with Crippen molar-refractivity contribution in [2.75, 3.05) is 0 Å². The second-order valence-corrected chi connectivity index (χ2v) is 6.08. The van der Waals surface area contributed by atoms with E-state index in [1.54, 1.807) is 43.3 Å². The number of benzene rings is 2. The van der Waals surface area contributed by atoms with Crippen molar-refractivity contribution in [3.8, 4) is 11.5 Å². The summed E-state index contributed by atoms with van der Waals surface area (Å²) < 4.78 is 5.54. The number of phenolic OH excluding ortho intramolecular Hbond substituents is 1. The minimum atomic E-state index is -0.815. The summed E-state index contributed by atoms with van der Waals surface area (Å²) in [5, 5.41) is 14.8. The number of hydrogen-bond acceptors (Lipinski definition) is 4. The number of nitrogens with one attached hydrogen (secondary N) is 1. The molecule has 0 aromatic heterocycles. The Morgan fingerprint density at radius 2 is 2.00 bits per heavy atom. The maximum Gasteiger partial charge on any atom is 0.280 e. The van der Waals surface area contributed by atoms with Crippen LogP contribution in [0.3, 0.4) is 0 Å². The molecular formula is C18H18Cl2N2O3. The molecule has 25 heavy (non-hydrogen) atoms. The zero-order valence-electron chi connectivity index (χ0n) is 13.8. The maximum atomic E-state index is 12.2. The fourth-order valence-corrected chi connectivity index (χ4v) is 2.53. The zero-order valence-corrected chi connectivity index (χ0v) is 15.3. The van der Waals surface area contributed by atoms with Crippen molar-refractivity contribution in [1.29, 1.82) is 0 Å². The van der Waals surface area contributed by atoms with Crippen LogP contribution in [0.2, 0.25) is 10.0 Å². The van der Waals surface area contributed by atoms with Gasteiger partial charge in [-0.3, -0.25) is 4.79 Å². The number of para-hydroxylation sites is 1. The first-order valence-electron chi connectivity index (χ1n) is 7.68. The average molecular weight is 381 g/mol. The quantitative estimate of drug-likeness (QED) is 0.576. The van der Waals surface area contributed by atoms with Crippen LogP contribution in [0.4, 0.5) is 0 Å². The van der Waals surface area contributed by atoms with E-state index in [0.717, 1.165) is 0 Å². The Kier molecular flexibility index (Phi) is 6.67. The molecule has 0 radical (unpaired) electrons. The maximum absolute atomic E-state index is 12.2. The smallest absolute Gasteiger partial charge is 0.280 e. The van der Waals surface area contributed by atoms with E-state index < -0.39 is 12.0 Å². The zero-order chi connectivity index (χ0) is 18.4. The van der Waals surface area contributed by atoms with Crippen molar-refractivity contribution < 1.29 is 14.6 Å². The summed E-state index contributed by atoms with van der Waals surface area (Å²) >= 11 is 11.9. The molecular weight excluding hydrogens is 363 g/mol. The van der Waals surface area contributed by atoms with Gasteiger partial charge in [0, 0.05) is 10.6 Å². The number of aromatic hydroxyl groups is 1. The topological polar surface area (TPSA) is 70.9 Å². The van der Waals surface area contributed by atoms with Gasteiger partial charge in [-0.1, -0.05) is 42.3 Å². The minimum Gasteiger partial charge on any atom is -0.507 e. The Morgan fingerprint density at radius 1 is 1.28 bits per heavy atom. The number of halogens is 2. The summed E-state index contributed by atoms with van der Waals surface area (Å²) in [5.74, 6) is 0.0242. The molecule has 2 aromatic rings. The van der Waals surface area contributed by atoms with Crippen molar-refractivity contribution >= 4 is 34.8 Å².